The number of hydrogen-bond donors (Lipinski definition) is 2. The molecule has 0 radical (unpaired) electrons. The molecular weight excluding hydrogens is 268 g/mol. The Labute approximate surface area is 125 Å². The smallest absolute Gasteiger partial charge is 0.208 e. The Morgan fingerprint density at radius 1 is 1.29 bits per heavy atom. The fourth-order valence-corrected chi connectivity index (χ4v) is 2.10. The molecule has 0 aliphatic carbocycles. The topological polar surface area (TPSA) is 67.5 Å². The zero-order valence-electron chi connectivity index (χ0n) is 13.1. The minimum atomic E-state index is -0.560. The van der Waals surface area contributed by atoms with Gasteiger partial charge in [-0.05, 0) is 18.1 Å². The van der Waals surface area contributed by atoms with Gasteiger partial charge in [0.05, 0.1) is 5.69 Å². The van der Waals surface area contributed by atoms with E-state index >= 15 is 0 Å². The van der Waals surface area contributed by atoms with E-state index in [0.29, 0.717) is 29.8 Å². The zero-order chi connectivity index (χ0) is 15.4. The molecule has 0 saturated heterocycles. The average molecular weight is 292 g/mol. The molecular formula is C16H24N2O3. The first-order valence-electron chi connectivity index (χ1n) is 7.41. The van der Waals surface area contributed by atoms with Crippen LogP contribution in [0, 0.1) is 0 Å². The largest absolute Gasteiger partial charge is 0.487 e. The number of fused-ring (bicyclic) bond motifs is 1. The second-order valence-electron chi connectivity index (χ2n) is 5.88. The SMILES string of the molecule is CC(C)NCC(O)COc1cccc2c(C(C)C)noc12. The maximum atomic E-state index is 9.89. The van der Waals surface area contributed by atoms with Crippen LogP contribution in [-0.4, -0.2) is 35.6 Å². The van der Waals surface area contributed by atoms with E-state index in [9.17, 15) is 5.11 Å². The summed E-state index contributed by atoms with van der Waals surface area (Å²) in [6, 6.07) is 6.07. The highest BCUT2D eigenvalue weighted by atomic mass is 16.5. The lowest BCUT2D eigenvalue weighted by atomic mass is 10.1. The first-order valence-corrected chi connectivity index (χ1v) is 7.41. The third-order valence-corrected chi connectivity index (χ3v) is 3.23. The molecule has 21 heavy (non-hydrogen) atoms. The van der Waals surface area contributed by atoms with Gasteiger partial charge in [-0.2, -0.15) is 0 Å². The maximum absolute atomic E-state index is 9.89. The molecule has 2 N–H and O–H groups in total. The van der Waals surface area contributed by atoms with E-state index in [0.717, 1.165) is 11.1 Å². The lowest BCUT2D eigenvalue weighted by Crippen LogP contribution is -2.35. The van der Waals surface area contributed by atoms with Gasteiger partial charge in [0.1, 0.15) is 12.7 Å². The molecule has 0 aliphatic heterocycles. The monoisotopic (exact) mass is 292 g/mol. The minimum Gasteiger partial charge on any atom is -0.487 e. The van der Waals surface area contributed by atoms with E-state index in [-0.39, 0.29) is 6.61 Å². The van der Waals surface area contributed by atoms with Crippen LogP contribution in [0.2, 0.25) is 0 Å². The summed E-state index contributed by atoms with van der Waals surface area (Å²) in [7, 11) is 0. The number of aliphatic hydroxyl groups is 1. The predicted molar refractivity (Wildman–Crippen MR) is 82.7 cm³/mol. The molecule has 116 valence electrons. The fraction of sp³-hybridized carbons (Fsp3) is 0.562. The number of nitrogens with one attached hydrogen (secondary N) is 1. The molecule has 0 fully saturated rings. The molecule has 1 heterocycles. The van der Waals surface area contributed by atoms with E-state index in [1.807, 2.05) is 32.0 Å². The van der Waals surface area contributed by atoms with Crippen LogP contribution >= 0.6 is 0 Å². The van der Waals surface area contributed by atoms with E-state index < -0.39 is 6.10 Å². The summed E-state index contributed by atoms with van der Waals surface area (Å²) in [5, 5.41) is 18.1. The average Bonchev–Trinajstić information content (AvgIpc) is 2.87. The van der Waals surface area contributed by atoms with Gasteiger partial charge in [0, 0.05) is 18.0 Å². The van der Waals surface area contributed by atoms with Crippen LogP contribution in [0.4, 0.5) is 0 Å². The standard InChI is InChI=1S/C16H24N2O3/c1-10(2)15-13-6-5-7-14(16(13)21-18-15)20-9-12(19)8-17-11(3)4/h5-7,10-12,17,19H,8-9H2,1-4H3. The van der Waals surface area contributed by atoms with Crippen molar-refractivity contribution in [3.63, 3.8) is 0 Å². The van der Waals surface area contributed by atoms with Crippen LogP contribution < -0.4 is 10.1 Å². The number of ether oxygens (including phenoxy) is 1. The molecule has 0 aliphatic rings. The molecule has 0 bridgehead atoms. The number of benzene rings is 1. The first kappa shape index (κ1) is 15.8. The van der Waals surface area contributed by atoms with E-state index in [2.05, 4.69) is 24.3 Å². The zero-order valence-corrected chi connectivity index (χ0v) is 13.1. The van der Waals surface area contributed by atoms with E-state index in [1.165, 1.54) is 0 Å². The molecule has 2 aromatic rings. The summed E-state index contributed by atoms with van der Waals surface area (Å²) in [5.74, 6) is 0.915. The normalized spacial score (nSPS) is 13.3. The van der Waals surface area contributed by atoms with Crippen LogP contribution in [0.15, 0.2) is 22.7 Å². The van der Waals surface area contributed by atoms with Crippen molar-refractivity contribution >= 4 is 11.0 Å². The number of aliphatic hydroxyl groups excluding tert-OH is 1. The van der Waals surface area contributed by atoms with Gasteiger partial charge >= 0.3 is 0 Å². The summed E-state index contributed by atoms with van der Waals surface area (Å²) in [6.45, 7) is 8.95. The lowest BCUT2D eigenvalue weighted by Gasteiger charge is -2.14. The first-order chi connectivity index (χ1) is 9.99. The van der Waals surface area contributed by atoms with Gasteiger partial charge in [-0.3, -0.25) is 0 Å². The van der Waals surface area contributed by atoms with Crippen LogP contribution in [-0.2, 0) is 0 Å². The Bertz CT molecular complexity index is 578. The van der Waals surface area contributed by atoms with Gasteiger partial charge in [-0.1, -0.05) is 38.9 Å². The molecule has 1 aromatic heterocycles. The van der Waals surface area contributed by atoms with Gasteiger partial charge in [-0.15, -0.1) is 0 Å². The molecule has 0 spiro atoms. The van der Waals surface area contributed by atoms with Crippen LogP contribution in [0.3, 0.4) is 0 Å². The van der Waals surface area contributed by atoms with Crippen molar-refractivity contribution in [2.45, 2.75) is 45.8 Å². The summed E-state index contributed by atoms with van der Waals surface area (Å²) in [5.41, 5.74) is 1.57. The van der Waals surface area contributed by atoms with Crippen LogP contribution in [0.1, 0.15) is 39.3 Å². The Kier molecular flexibility index (Phi) is 5.20. The van der Waals surface area contributed by atoms with Crippen molar-refractivity contribution in [1.82, 2.24) is 10.5 Å². The van der Waals surface area contributed by atoms with E-state index in [1.54, 1.807) is 0 Å². The Morgan fingerprint density at radius 2 is 2.05 bits per heavy atom. The number of para-hydroxylation sites is 1. The highest BCUT2D eigenvalue weighted by Gasteiger charge is 2.16. The number of nitrogens with zero attached hydrogens (tertiary/aromatic N) is 1. The molecule has 0 saturated carbocycles. The Hall–Kier alpha value is -1.59. The molecule has 1 aromatic carbocycles. The van der Waals surface area contributed by atoms with Crippen LogP contribution in [0.25, 0.3) is 11.0 Å². The number of rotatable bonds is 7. The van der Waals surface area contributed by atoms with Gasteiger partial charge in [0.25, 0.3) is 0 Å². The summed E-state index contributed by atoms with van der Waals surface area (Å²) >= 11 is 0. The third-order valence-electron chi connectivity index (χ3n) is 3.23. The number of hydrogen-bond acceptors (Lipinski definition) is 5. The summed E-state index contributed by atoms with van der Waals surface area (Å²) in [4.78, 5) is 0. The van der Waals surface area contributed by atoms with Gasteiger partial charge < -0.3 is 19.7 Å². The maximum Gasteiger partial charge on any atom is 0.208 e. The van der Waals surface area contributed by atoms with Gasteiger partial charge in [0.15, 0.2) is 5.75 Å². The van der Waals surface area contributed by atoms with Crippen LogP contribution in [0.5, 0.6) is 5.75 Å². The van der Waals surface area contributed by atoms with Crippen molar-refractivity contribution in [1.29, 1.82) is 0 Å². The fourth-order valence-electron chi connectivity index (χ4n) is 2.10. The second kappa shape index (κ2) is 6.91. The Balaban J connectivity index is 2.05. The second-order valence-corrected chi connectivity index (χ2v) is 5.88. The van der Waals surface area contributed by atoms with Crippen molar-refractivity contribution < 1.29 is 14.4 Å². The highest BCUT2D eigenvalue weighted by molar-refractivity contribution is 5.85. The van der Waals surface area contributed by atoms with Crippen molar-refractivity contribution in [3.05, 3.63) is 23.9 Å². The highest BCUT2D eigenvalue weighted by Crippen LogP contribution is 2.31. The predicted octanol–water partition coefficient (Wildman–Crippen LogP) is 2.69. The van der Waals surface area contributed by atoms with Gasteiger partial charge in [0.2, 0.25) is 5.58 Å². The summed E-state index contributed by atoms with van der Waals surface area (Å²) < 4.78 is 11.1. The summed E-state index contributed by atoms with van der Waals surface area (Å²) in [6.07, 6.45) is -0.560. The lowest BCUT2D eigenvalue weighted by molar-refractivity contribution is 0.105. The molecule has 0 amide bonds. The van der Waals surface area contributed by atoms with E-state index in [4.69, 9.17) is 9.26 Å². The van der Waals surface area contributed by atoms with Gasteiger partial charge in [-0.25, -0.2) is 0 Å². The molecule has 5 nitrogen and oxygen atoms in total. The Morgan fingerprint density at radius 3 is 2.71 bits per heavy atom. The van der Waals surface area contributed by atoms with Crippen molar-refractivity contribution in [3.8, 4) is 5.75 Å². The molecule has 1 atom stereocenters. The molecule has 5 heteroatoms. The quantitative estimate of drug-likeness (QED) is 0.821. The third kappa shape index (κ3) is 3.95. The number of aromatic nitrogens is 1. The van der Waals surface area contributed by atoms with Crippen molar-refractivity contribution in [2.24, 2.45) is 0 Å². The molecule has 1 unspecified atom stereocenters. The van der Waals surface area contributed by atoms with Crippen molar-refractivity contribution in [2.75, 3.05) is 13.2 Å². The molecule has 2 rings (SSSR count). The minimum absolute atomic E-state index is 0.219.